The molecule has 0 aliphatic carbocycles. The third-order valence-electron chi connectivity index (χ3n) is 2.49. The summed E-state index contributed by atoms with van der Waals surface area (Å²) in [5, 5.41) is 2.38. The van der Waals surface area contributed by atoms with Crippen molar-refractivity contribution in [1.29, 1.82) is 0 Å². The molecular weight excluding hydrogens is 270 g/mol. The van der Waals surface area contributed by atoms with Gasteiger partial charge in [0.05, 0.1) is 20.1 Å². The average Bonchev–Trinajstić information content (AvgIpc) is 2.34. The summed E-state index contributed by atoms with van der Waals surface area (Å²) in [5.74, 6) is -2.33. The molecule has 5 nitrogen and oxygen atoms in total. The summed E-state index contributed by atoms with van der Waals surface area (Å²) in [4.78, 5) is 24.2. The second-order valence-electron chi connectivity index (χ2n) is 4.27. The number of hydrogen-bond donors (Lipinski definition) is 1. The number of methoxy groups -OCH3 is 1. The van der Waals surface area contributed by atoms with E-state index in [1.54, 1.807) is 11.9 Å². The van der Waals surface area contributed by atoms with Crippen molar-refractivity contribution in [1.82, 2.24) is 4.90 Å². The fourth-order valence-electron chi connectivity index (χ4n) is 1.53. The van der Waals surface area contributed by atoms with Gasteiger partial charge in [0.1, 0.15) is 11.6 Å². The summed E-state index contributed by atoms with van der Waals surface area (Å²) >= 11 is 0. The molecule has 110 valence electrons. The predicted octanol–water partition coefficient (Wildman–Crippen LogP) is 1.40. The van der Waals surface area contributed by atoms with Gasteiger partial charge in [-0.3, -0.25) is 14.5 Å². The van der Waals surface area contributed by atoms with Gasteiger partial charge >= 0.3 is 5.97 Å². The van der Waals surface area contributed by atoms with Gasteiger partial charge in [-0.1, -0.05) is 0 Å². The number of hydrogen-bond acceptors (Lipinski definition) is 4. The van der Waals surface area contributed by atoms with Crippen LogP contribution in [0.5, 0.6) is 0 Å². The number of benzene rings is 1. The van der Waals surface area contributed by atoms with Gasteiger partial charge in [0, 0.05) is 18.3 Å². The van der Waals surface area contributed by atoms with Crippen molar-refractivity contribution in [2.75, 3.05) is 32.6 Å². The van der Waals surface area contributed by atoms with E-state index in [0.29, 0.717) is 6.54 Å². The molecule has 1 aromatic rings. The number of carbonyl (C=O) groups excluding carboxylic acids is 2. The molecule has 0 fully saturated rings. The Morgan fingerprint density at radius 1 is 1.25 bits per heavy atom. The molecule has 0 aromatic heterocycles. The van der Waals surface area contributed by atoms with Crippen LogP contribution < -0.4 is 5.32 Å². The fourth-order valence-corrected chi connectivity index (χ4v) is 1.53. The van der Waals surface area contributed by atoms with E-state index in [2.05, 4.69) is 10.1 Å². The van der Waals surface area contributed by atoms with E-state index in [4.69, 9.17) is 0 Å². The number of amides is 1. The second kappa shape index (κ2) is 7.54. The minimum atomic E-state index is -0.764. The Morgan fingerprint density at radius 2 is 1.85 bits per heavy atom. The highest BCUT2D eigenvalue weighted by Crippen LogP contribution is 2.12. The van der Waals surface area contributed by atoms with Crippen LogP contribution in [0, 0.1) is 11.6 Å². The molecular formula is C13H16F2N2O3. The Hall–Kier alpha value is -2.02. The summed E-state index contributed by atoms with van der Waals surface area (Å²) in [6.07, 6.45) is 0.162. The zero-order valence-corrected chi connectivity index (χ0v) is 11.3. The SMILES string of the molecule is COC(=O)CCN(C)CC(=O)Nc1cc(F)cc(F)c1. The van der Waals surface area contributed by atoms with Gasteiger partial charge in [-0.15, -0.1) is 0 Å². The van der Waals surface area contributed by atoms with Crippen molar-refractivity contribution < 1.29 is 23.1 Å². The molecule has 1 aromatic carbocycles. The van der Waals surface area contributed by atoms with Crippen LogP contribution in [-0.2, 0) is 14.3 Å². The topological polar surface area (TPSA) is 58.6 Å². The first kappa shape index (κ1) is 16.0. The van der Waals surface area contributed by atoms with Crippen LogP contribution in [-0.4, -0.2) is 44.0 Å². The van der Waals surface area contributed by atoms with Crippen LogP contribution in [0.1, 0.15) is 6.42 Å². The van der Waals surface area contributed by atoms with Crippen molar-refractivity contribution in [3.63, 3.8) is 0 Å². The Bertz CT molecular complexity index is 474. The Labute approximate surface area is 115 Å². The van der Waals surface area contributed by atoms with E-state index in [0.717, 1.165) is 18.2 Å². The zero-order valence-electron chi connectivity index (χ0n) is 11.3. The van der Waals surface area contributed by atoms with Crippen LogP contribution in [0.4, 0.5) is 14.5 Å². The maximum atomic E-state index is 12.9. The van der Waals surface area contributed by atoms with Crippen molar-refractivity contribution in [3.8, 4) is 0 Å². The zero-order chi connectivity index (χ0) is 15.1. The van der Waals surface area contributed by atoms with Crippen LogP contribution in [0.25, 0.3) is 0 Å². The third kappa shape index (κ3) is 5.75. The molecule has 1 amide bonds. The number of rotatable bonds is 6. The van der Waals surface area contributed by atoms with Crippen LogP contribution in [0.2, 0.25) is 0 Å². The molecule has 0 aliphatic rings. The number of carbonyl (C=O) groups is 2. The summed E-state index contributed by atoms with van der Waals surface area (Å²) in [6, 6.07) is 2.77. The first-order chi connectivity index (χ1) is 9.40. The lowest BCUT2D eigenvalue weighted by Gasteiger charge is -2.15. The lowest BCUT2D eigenvalue weighted by molar-refractivity contribution is -0.141. The Balaban J connectivity index is 2.44. The highest BCUT2D eigenvalue weighted by atomic mass is 19.1. The summed E-state index contributed by atoms with van der Waals surface area (Å²) in [6.45, 7) is 0.340. The minimum absolute atomic E-state index is 0.00483. The summed E-state index contributed by atoms with van der Waals surface area (Å²) < 4.78 is 30.4. The number of likely N-dealkylation sites (N-methyl/N-ethyl adjacent to an activating group) is 1. The minimum Gasteiger partial charge on any atom is -0.469 e. The van der Waals surface area contributed by atoms with Crippen LogP contribution >= 0.6 is 0 Å². The van der Waals surface area contributed by atoms with Gasteiger partial charge in [0.2, 0.25) is 5.91 Å². The Kier molecular flexibility index (Phi) is 6.05. The third-order valence-corrected chi connectivity index (χ3v) is 2.49. The van der Waals surface area contributed by atoms with Crippen LogP contribution in [0.15, 0.2) is 18.2 Å². The van der Waals surface area contributed by atoms with Gasteiger partial charge in [0.15, 0.2) is 0 Å². The quantitative estimate of drug-likeness (QED) is 0.803. The molecule has 1 N–H and O–H groups in total. The normalized spacial score (nSPS) is 10.4. The molecule has 0 radical (unpaired) electrons. The maximum absolute atomic E-state index is 12.9. The Morgan fingerprint density at radius 3 is 2.40 bits per heavy atom. The molecule has 0 saturated heterocycles. The molecule has 1 rings (SSSR count). The van der Waals surface area contributed by atoms with Gasteiger partial charge in [0.25, 0.3) is 0 Å². The number of nitrogens with zero attached hydrogens (tertiary/aromatic N) is 1. The molecule has 7 heteroatoms. The van der Waals surface area contributed by atoms with Crippen molar-refractivity contribution in [2.45, 2.75) is 6.42 Å². The summed E-state index contributed by atoms with van der Waals surface area (Å²) in [7, 11) is 2.93. The van der Waals surface area contributed by atoms with E-state index < -0.39 is 17.5 Å². The van der Waals surface area contributed by atoms with E-state index in [1.807, 2.05) is 0 Å². The van der Waals surface area contributed by atoms with Gasteiger partial charge < -0.3 is 10.1 Å². The number of anilines is 1. The molecule has 0 spiro atoms. The van der Waals surface area contributed by atoms with Gasteiger partial charge in [-0.25, -0.2) is 8.78 Å². The molecule has 0 aliphatic heterocycles. The summed E-state index contributed by atoms with van der Waals surface area (Å²) in [5.41, 5.74) is 0.0499. The fraction of sp³-hybridized carbons (Fsp3) is 0.385. The van der Waals surface area contributed by atoms with Crippen molar-refractivity contribution in [3.05, 3.63) is 29.8 Å². The molecule has 0 saturated carbocycles. The van der Waals surface area contributed by atoms with Crippen molar-refractivity contribution >= 4 is 17.6 Å². The maximum Gasteiger partial charge on any atom is 0.306 e. The first-order valence-corrected chi connectivity index (χ1v) is 5.92. The largest absolute Gasteiger partial charge is 0.469 e. The molecule has 0 heterocycles. The predicted molar refractivity (Wildman–Crippen MR) is 69.1 cm³/mol. The van der Waals surface area contributed by atoms with E-state index in [1.165, 1.54) is 7.11 Å². The number of ether oxygens (including phenoxy) is 1. The number of nitrogens with one attached hydrogen (secondary N) is 1. The lowest BCUT2D eigenvalue weighted by Crippen LogP contribution is -2.31. The molecule has 20 heavy (non-hydrogen) atoms. The standard InChI is InChI=1S/C13H16F2N2O3/c1-17(4-3-13(19)20-2)8-12(18)16-11-6-9(14)5-10(15)7-11/h5-7H,3-4,8H2,1-2H3,(H,16,18). The monoisotopic (exact) mass is 286 g/mol. The van der Waals surface area contributed by atoms with Gasteiger partial charge in [-0.05, 0) is 19.2 Å². The van der Waals surface area contributed by atoms with E-state index >= 15 is 0 Å². The lowest BCUT2D eigenvalue weighted by atomic mass is 10.3. The van der Waals surface area contributed by atoms with E-state index in [9.17, 15) is 18.4 Å². The number of esters is 1. The first-order valence-electron chi connectivity index (χ1n) is 5.92. The van der Waals surface area contributed by atoms with E-state index in [-0.39, 0.29) is 24.6 Å². The average molecular weight is 286 g/mol. The molecule has 0 atom stereocenters. The van der Waals surface area contributed by atoms with Crippen molar-refractivity contribution in [2.24, 2.45) is 0 Å². The smallest absolute Gasteiger partial charge is 0.306 e. The van der Waals surface area contributed by atoms with Crippen LogP contribution in [0.3, 0.4) is 0 Å². The molecule has 0 unspecified atom stereocenters. The second-order valence-corrected chi connectivity index (χ2v) is 4.27. The highest BCUT2D eigenvalue weighted by Gasteiger charge is 2.10. The van der Waals surface area contributed by atoms with Gasteiger partial charge in [-0.2, -0.15) is 0 Å². The number of halogens is 2. The molecule has 0 bridgehead atoms. The highest BCUT2D eigenvalue weighted by molar-refractivity contribution is 5.92.